The topological polar surface area (TPSA) is 34.9 Å². The van der Waals surface area contributed by atoms with Crippen LogP contribution in [0.4, 0.5) is 0 Å². The van der Waals surface area contributed by atoms with E-state index in [2.05, 4.69) is 27.7 Å². The number of halogens is 1. The summed E-state index contributed by atoms with van der Waals surface area (Å²) in [6.45, 7) is 1.78. The lowest BCUT2D eigenvalue weighted by atomic mass is 10.3. The molecule has 0 spiro atoms. The molecule has 0 aliphatic rings. The summed E-state index contributed by atoms with van der Waals surface area (Å²) in [7, 11) is 1.65. The minimum absolute atomic E-state index is 0.0274. The van der Waals surface area contributed by atoms with Crippen LogP contribution < -0.4 is 5.56 Å². The largest absolute Gasteiger partial charge is 0.269 e. The van der Waals surface area contributed by atoms with Crippen LogP contribution in [0.25, 0.3) is 0 Å². The van der Waals surface area contributed by atoms with E-state index in [1.54, 1.807) is 20.0 Å². The molecule has 0 saturated heterocycles. The van der Waals surface area contributed by atoms with Crippen molar-refractivity contribution in [1.82, 2.24) is 9.78 Å². The first-order valence-corrected chi connectivity index (χ1v) is 3.89. The van der Waals surface area contributed by atoms with Gasteiger partial charge in [-0.15, -0.1) is 0 Å². The van der Waals surface area contributed by atoms with Gasteiger partial charge in [-0.1, -0.05) is 0 Å². The predicted molar refractivity (Wildman–Crippen MR) is 46.9 cm³/mol. The van der Waals surface area contributed by atoms with E-state index in [0.29, 0.717) is 0 Å². The van der Waals surface area contributed by atoms with Gasteiger partial charge < -0.3 is 0 Å². The maximum Gasteiger partial charge on any atom is 0.269 e. The SMILES string of the molecule is Cc1cc(I)nn(C)c1=O. The van der Waals surface area contributed by atoms with Gasteiger partial charge in [0.25, 0.3) is 5.56 Å². The predicted octanol–water partition coefficient (Wildman–Crippen LogP) is 0.693. The summed E-state index contributed by atoms with van der Waals surface area (Å²) in [4.78, 5) is 11.0. The van der Waals surface area contributed by atoms with Crippen molar-refractivity contribution in [2.45, 2.75) is 6.92 Å². The molecule has 0 fully saturated rings. The van der Waals surface area contributed by atoms with Crippen LogP contribution in [0.2, 0.25) is 0 Å². The molecule has 1 heterocycles. The van der Waals surface area contributed by atoms with Crippen LogP contribution >= 0.6 is 22.6 Å². The van der Waals surface area contributed by atoms with Gasteiger partial charge in [-0.05, 0) is 35.6 Å². The van der Waals surface area contributed by atoms with Crippen LogP contribution in [-0.2, 0) is 7.05 Å². The van der Waals surface area contributed by atoms with Gasteiger partial charge in [-0.2, -0.15) is 5.10 Å². The van der Waals surface area contributed by atoms with Crippen LogP contribution in [0, 0.1) is 10.6 Å². The Morgan fingerprint density at radius 1 is 1.70 bits per heavy atom. The second-order valence-electron chi connectivity index (χ2n) is 2.08. The zero-order valence-electron chi connectivity index (χ0n) is 5.76. The molecule has 0 atom stereocenters. The molecule has 0 aliphatic heterocycles. The lowest BCUT2D eigenvalue weighted by molar-refractivity contribution is 0.689. The van der Waals surface area contributed by atoms with Crippen molar-refractivity contribution in [2.75, 3.05) is 0 Å². The summed E-state index contributed by atoms with van der Waals surface area (Å²) in [5.41, 5.74) is 0.710. The lowest BCUT2D eigenvalue weighted by Gasteiger charge is -1.97. The van der Waals surface area contributed by atoms with Gasteiger partial charge in [-0.25, -0.2) is 4.68 Å². The number of hydrogen-bond donors (Lipinski definition) is 0. The number of aromatic nitrogens is 2. The fourth-order valence-electron chi connectivity index (χ4n) is 0.713. The number of rotatable bonds is 0. The first-order chi connectivity index (χ1) is 4.61. The smallest absolute Gasteiger partial charge is 0.268 e. The van der Waals surface area contributed by atoms with E-state index in [9.17, 15) is 4.79 Å². The van der Waals surface area contributed by atoms with Crippen LogP contribution in [0.3, 0.4) is 0 Å². The van der Waals surface area contributed by atoms with Crippen LogP contribution in [-0.4, -0.2) is 9.78 Å². The number of nitrogens with zero attached hydrogens (tertiary/aromatic N) is 2. The van der Waals surface area contributed by atoms with E-state index in [1.165, 1.54) is 4.68 Å². The van der Waals surface area contributed by atoms with Crippen molar-refractivity contribution in [1.29, 1.82) is 0 Å². The van der Waals surface area contributed by atoms with E-state index in [0.717, 1.165) is 9.26 Å². The third kappa shape index (κ3) is 1.36. The molecule has 0 radical (unpaired) electrons. The second kappa shape index (κ2) is 2.69. The Morgan fingerprint density at radius 2 is 2.30 bits per heavy atom. The van der Waals surface area contributed by atoms with Gasteiger partial charge in [0.15, 0.2) is 0 Å². The lowest BCUT2D eigenvalue weighted by Crippen LogP contribution is -2.22. The standard InChI is InChI=1S/C6H7IN2O/c1-4-3-5(7)8-9(2)6(4)10/h3H,1-2H3. The summed E-state index contributed by atoms with van der Waals surface area (Å²) in [5, 5.41) is 3.92. The summed E-state index contributed by atoms with van der Waals surface area (Å²) in [6.07, 6.45) is 0. The average molecular weight is 250 g/mol. The quantitative estimate of drug-likeness (QED) is 0.635. The molecule has 0 bridgehead atoms. The Labute approximate surface area is 72.2 Å². The van der Waals surface area contributed by atoms with Crippen molar-refractivity contribution in [2.24, 2.45) is 7.05 Å². The summed E-state index contributed by atoms with van der Waals surface area (Å²) >= 11 is 2.08. The molecule has 3 nitrogen and oxygen atoms in total. The van der Waals surface area contributed by atoms with Crippen LogP contribution in [0.15, 0.2) is 10.9 Å². The molecule has 54 valence electrons. The molecule has 0 amide bonds. The average Bonchev–Trinajstić information content (AvgIpc) is 1.82. The number of hydrogen-bond acceptors (Lipinski definition) is 2. The Bertz CT molecular complexity index is 279. The molecule has 0 N–H and O–H groups in total. The van der Waals surface area contributed by atoms with Crippen molar-refractivity contribution >= 4 is 22.6 Å². The van der Waals surface area contributed by atoms with Gasteiger partial charge in [0.2, 0.25) is 0 Å². The molecular weight excluding hydrogens is 243 g/mol. The van der Waals surface area contributed by atoms with E-state index in [1.807, 2.05) is 0 Å². The molecule has 4 heteroatoms. The van der Waals surface area contributed by atoms with Gasteiger partial charge in [0.05, 0.1) is 0 Å². The molecule has 10 heavy (non-hydrogen) atoms. The van der Waals surface area contributed by atoms with E-state index >= 15 is 0 Å². The Kier molecular flexibility index (Phi) is 2.08. The highest BCUT2D eigenvalue weighted by atomic mass is 127. The van der Waals surface area contributed by atoms with Gasteiger partial charge >= 0.3 is 0 Å². The first kappa shape index (κ1) is 7.71. The van der Waals surface area contributed by atoms with Gasteiger partial charge in [0, 0.05) is 12.6 Å². The summed E-state index contributed by atoms with van der Waals surface area (Å²) < 4.78 is 2.19. The molecular formula is C6H7IN2O. The maximum absolute atomic E-state index is 11.0. The van der Waals surface area contributed by atoms with Crippen LogP contribution in [0.1, 0.15) is 5.56 Å². The molecule has 0 saturated carbocycles. The van der Waals surface area contributed by atoms with E-state index in [4.69, 9.17) is 0 Å². The fraction of sp³-hybridized carbons (Fsp3) is 0.333. The zero-order valence-corrected chi connectivity index (χ0v) is 7.92. The third-order valence-corrected chi connectivity index (χ3v) is 1.74. The minimum atomic E-state index is -0.0274. The van der Waals surface area contributed by atoms with Gasteiger partial charge in [0.1, 0.15) is 3.70 Å². The zero-order chi connectivity index (χ0) is 7.72. The Balaban J connectivity index is 3.46. The van der Waals surface area contributed by atoms with Crippen molar-refractivity contribution in [3.63, 3.8) is 0 Å². The van der Waals surface area contributed by atoms with Crippen molar-refractivity contribution in [3.05, 3.63) is 25.7 Å². The van der Waals surface area contributed by atoms with E-state index < -0.39 is 0 Å². The Hall–Kier alpha value is -0.390. The third-order valence-electron chi connectivity index (χ3n) is 1.21. The molecule has 0 aromatic carbocycles. The molecule has 1 aromatic rings. The van der Waals surface area contributed by atoms with Crippen molar-refractivity contribution in [3.8, 4) is 0 Å². The minimum Gasteiger partial charge on any atom is -0.268 e. The number of aryl methyl sites for hydroxylation is 2. The summed E-state index contributed by atoms with van der Waals surface area (Å²) in [6, 6.07) is 1.77. The Morgan fingerprint density at radius 3 is 2.80 bits per heavy atom. The summed E-state index contributed by atoms with van der Waals surface area (Å²) in [5.74, 6) is 0. The van der Waals surface area contributed by atoms with Crippen molar-refractivity contribution < 1.29 is 0 Å². The highest BCUT2D eigenvalue weighted by Gasteiger charge is 1.97. The highest BCUT2D eigenvalue weighted by molar-refractivity contribution is 14.1. The molecule has 0 aliphatic carbocycles. The first-order valence-electron chi connectivity index (χ1n) is 2.81. The molecule has 0 unspecified atom stereocenters. The maximum atomic E-state index is 11.0. The second-order valence-corrected chi connectivity index (χ2v) is 3.18. The molecule has 1 aromatic heterocycles. The van der Waals surface area contributed by atoms with E-state index in [-0.39, 0.29) is 5.56 Å². The normalized spacial score (nSPS) is 9.90. The highest BCUT2D eigenvalue weighted by Crippen LogP contribution is 1.97. The fourth-order valence-corrected chi connectivity index (χ4v) is 1.50. The molecule has 1 rings (SSSR count). The van der Waals surface area contributed by atoms with Crippen LogP contribution in [0.5, 0.6) is 0 Å². The monoisotopic (exact) mass is 250 g/mol. The van der Waals surface area contributed by atoms with Gasteiger partial charge in [-0.3, -0.25) is 4.79 Å².